The van der Waals surface area contributed by atoms with E-state index >= 15 is 0 Å². The molecule has 250 valence electrons. The predicted octanol–water partition coefficient (Wildman–Crippen LogP) is 6.98. The van der Waals surface area contributed by atoms with E-state index in [2.05, 4.69) is 0 Å². The molecule has 0 spiro atoms. The van der Waals surface area contributed by atoms with Gasteiger partial charge in [0.05, 0.1) is 28.4 Å². The lowest BCUT2D eigenvalue weighted by Gasteiger charge is -2.22. The Morgan fingerprint density at radius 2 is 0.792 bits per heavy atom. The minimum Gasteiger partial charge on any atom is -0.497 e. The summed E-state index contributed by atoms with van der Waals surface area (Å²) < 4.78 is 21.3. The molecule has 0 heterocycles. The summed E-state index contributed by atoms with van der Waals surface area (Å²) in [7, 11) is 13.7. The number of carbonyl (C=O) groups is 2. The Morgan fingerprint density at radius 1 is 0.500 bits per heavy atom. The topological polar surface area (TPSA) is 77.5 Å². The van der Waals surface area contributed by atoms with Crippen LogP contribution < -0.4 is 19.3 Å². The second kappa shape index (κ2) is 16.4. The van der Waals surface area contributed by atoms with Crippen molar-refractivity contribution in [3.05, 3.63) is 131 Å². The average molecular weight is 649 g/mol. The number of methoxy groups -OCH3 is 4. The van der Waals surface area contributed by atoms with Crippen LogP contribution >= 0.6 is 0 Å². The Balaban J connectivity index is 2.05. The maximum absolute atomic E-state index is 13.4. The first-order valence-electron chi connectivity index (χ1n) is 15.5. The van der Waals surface area contributed by atoms with Crippen molar-refractivity contribution in [3.8, 4) is 11.5 Å². The van der Waals surface area contributed by atoms with Gasteiger partial charge in [0.25, 0.3) is 0 Å². The zero-order valence-electron chi connectivity index (χ0n) is 28.9. The lowest BCUT2D eigenvalue weighted by Crippen LogP contribution is -2.32. The number of esters is 2. The third-order valence-electron chi connectivity index (χ3n) is 8.20. The van der Waals surface area contributed by atoms with Gasteiger partial charge in [-0.1, -0.05) is 60.7 Å². The van der Waals surface area contributed by atoms with Gasteiger partial charge < -0.3 is 28.7 Å². The second-order valence-corrected chi connectivity index (χ2v) is 11.6. The summed E-state index contributed by atoms with van der Waals surface area (Å²) in [5.41, 5.74) is 7.27. The Kier molecular flexibility index (Phi) is 12.1. The number of nitrogens with zero attached hydrogens (tertiary/aromatic N) is 2. The smallest absolute Gasteiger partial charge is 0.320 e. The highest BCUT2D eigenvalue weighted by Gasteiger charge is 2.36. The predicted molar refractivity (Wildman–Crippen MR) is 193 cm³/mol. The van der Waals surface area contributed by atoms with Gasteiger partial charge in [-0.15, -0.1) is 0 Å². The van der Waals surface area contributed by atoms with Crippen LogP contribution in [0.15, 0.2) is 109 Å². The van der Waals surface area contributed by atoms with E-state index in [-0.39, 0.29) is 0 Å². The number of benzene rings is 4. The van der Waals surface area contributed by atoms with Crippen molar-refractivity contribution in [2.24, 2.45) is 11.8 Å². The highest BCUT2D eigenvalue weighted by atomic mass is 16.5. The lowest BCUT2D eigenvalue weighted by molar-refractivity contribution is -0.159. The molecule has 48 heavy (non-hydrogen) atoms. The minimum absolute atomic E-state index is 0.701. The summed E-state index contributed by atoms with van der Waals surface area (Å²) in [6, 6.07) is 31.6. The van der Waals surface area contributed by atoms with Gasteiger partial charge in [0.15, 0.2) is 5.92 Å². The number of ether oxygens (including phenoxy) is 4. The van der Waals surface area contributed by atoms with Crippen molar-refractivity contribution in [1.82, 2.24) is 0 Å². The van der Waals surface area contributed by atoms with Crippen molar-refractivity contribution in [2.75, 3.05) is 66.4 Å². The summed E-state index contributed by atoms with van der Waals surface area (Å²) in [6.45, 7) is 0. The number of anilines is 2. The number of allylic oxidation sites excluding steroid dienone is 2. The van der Waals surface area contributed by atoms with Gasteiger partial charge in [-0.3, -0.25) is 9.59 Å². The molecular weight excluding hydrogens is 604 g/mol. The van der Waals surface area contributed by atoms with Crippen LogP contribution in [0.2, 0.25) is 0 Å². The Hall–Kier alpha value is -5.50. The third kappa shape index (κ3) is 8.45. The fourth-order valence-electron chi connectivity index (χ4n) is 5.43. The summed E-state index contributed by atoms with van der Waals surface area (Å²) in [5, 5.41) is 0. The molecule has 0 amide bonds. The van der Waals surface area contributed by atoms with Crippen molar-refractivity contribution >= 4 is 34.5 Å². The standard InChI is InChI=1S/C40H44N2O6/c1-41(2)32-17-9-27(10-18-32)36(29-13-21-34(45-5)22-14-29)25-31(38(39(43)47-7)40(44)48-8)26-37(30-15-23-35(46-6)24-16-30)28-11-19-33(20-12-28)42(3)4/h9-26,31,38H,1-8H3. The van der Waals surface area contributed by atoms with E-state index in [1.807, 2.05) is 147 Å². The lowest BCUT2D eigenvalue weighted by atomic mass is 9.83. The van der Waals surface area contributed by atoms with E-state index in [1.54, 1.807) is 14.2 Å². The number of hydrogen-bond donors (Lipinski definition) is 0. The molecule has 0 unspecified atom stereocenters. The van der Waals surface area contributed by atoms with Crippen LogP contribution in [0.4, 0.5) is 11.4 Å². The molecule has 0 bridgehead atoms. The highest BCUT2D eigenvalue weighted by molar-refractivity contribution is 5.97. The van der Waals surface area contributed by atoms with Crippen LogP contribution in [0.3, 0.4) is 0 Å². The van der Waals surface area contributed by atoms with E-state index in [1.165, 1.54) is 14.2 Å². The SMILES string of the molecule is COC(=O)C(C(=O)OC)C(C=C(c1ccc(OC)cc1)c1ccc(N(C)C)cc1)C=C(c1ccc(OC)cc1)c1ccc(N(C)C)cc1. The molecular formula is C40H44N2O6. The van der Waals surface area contributed by atoms with E-state index in [4.69, 9.17) is 18.9 Å². The van der Waals surface area contributed by atoms with E-state index in [0.717, 1.165) is 44.8 Å². The molecule has 8 nitrogen and oxygen atoms in total. The van der Waals surface area contributed by atoms with Crippen LogP contribution in [0.5, 0.6) is 11.5 Å². The molecule has 0 fully saturated rings. The largest absolute Gasteiger partial charge is 0.497 e. The van der Waals surface area contributed by atoms with E-state index < -0.39 is 23.8 Å². The molecule has 4 aromatic rings. The Labute approximate surface area is 283 Å². The fourth-order valence-corrected chi connectivity index (χ4v) is 5.43. The van der Waals surface area contributed by atoms with Gasteiger partial charge in [0.1, 0.15) is 11.5 Å². The number of rotatable bonds is 13. The quantitative estimate of drug-likeness (QED) is 0.114. The molecule has 8 heteroatoms. The molecule has 0 saturated carbocycles. The van der Waals surface area contributed by atoms with E-state index in [0.29, 0.717) is 11.5 Å². The minimum atomic E-state index is -1.29. The van der Waals surface area contributed by atoms with E-state index in [9.17, 15) is 9.59 Å². The van der Waals surface area contributed by atoms with Crippen molar-refractivity contribution in [1.29, 1.82) is 0 Å². The van der Waals surface area contributed by atoms with Gasteiger partial charge in [0, 0.05) is 45.5 Å². The molecule has 0 radical (unpaired) electrons. The maximum Gasteiger partial charge on any atom is 0.320 e. The average Bonchev–Trinajstić information content (AvgIpc) is 3.12. The summed E-state index contributed by atoms with van der Waals surface area (Å²) >= 11 is 0. The Morgan fingerprint density at radius 3 is 1.04 bits per heavy atom. The van der Waals surface area contributed by atoms with Gasteiger partial charge in [-0.25, -0.2) is 0 Å². The first-order valence-corrected chi connectivity index (χ1v) is 15.5. The molecule has 4 rings (SSSR count). The maximum atomic E-state index is 13.4. The van der Waals surface area contributed by atoms with Gasteiger partial charge >= 0.3 is 11.9 Å². The molecule has 0 atom stereocenters. The summed E-state index contributed by atoms with van der Waals surface area (Å²) in [6.07, 6.45) is 3.89. The normalized spacial score (nSPS) is 12.3. The molecule has 0 N–H and O–H groups in total. The van der Waals surface area contributed by atoms with Gasteiger partial charge in [0.2, 0.25) is 0 Å². The fraction of sp³-hybridized carbons (Fsp3) is 0.250. The van der Waals surface area contributed by atoms with Crippen LogP contribution in [0.1, 0.15) is 22.3 Å². The van der Waals surface area contributed by atoms with Crippen molar-refractivity contribution in [3.63, 3.8) is 0 Å². The monoisotopic (exact) mass is 648 g/mol. The zero-order valence-corrected chi connectivity index (χ0v) is 28.9. The van der Waals surface area contributed by atoms with Crippen LogP contribution in [-0.2, 0) is 19.1 Å². The molecule has 4 aromatic carbocycles. The van der Waals surface area contributed by atoms with Crippen LogP contribution in [-0.4, -0.2) is 68.6 Å². The third-order valence-corrected chi connectivity index (χ3v) is 8.20. The molecule has 0 saturated heterocycles. The summed E-state index contributed by atoms with van der Waals surface area (Å²) in [4.78, 5) is 30.9. The molecule has 0 aromatic heterocycles. The molecule has 0 aliphatic carbocycles. The van der Waals surface area contributed by atoms with Gasteiger partial charge in [-0.2, -0.15) is 0 Å². The second-order valence-electron chi connectivity index (χ2n) is 11.6. The highest BCUT2D eigenvalue weighted by Crippen LogP contribution is 2.35. The summed E-state index contributed by atoms with van der Waals surface area (Å²) in [5.74, 6) is -2.06. The van der Waals surface area contributed by atoms with Crippen molar-refractivity contribution in [2.45, 2.75) is 0 Å². The van der Waals surface area contributed by atoms with Crippen LogP contribution in [0.25, 0.3) is 11.1 Å². The first-order chi connectivity index (χ1) is 23.1. The van der Waals surface area contributed by atoms with Gasteiger partial charge in [-0.05, 0) is 81.9 Å². The number of carbonyl (C=O) groups excluding carboxylic acids is 2. The first kappa shape index (κ1) is 35.4. The van der Waals surface area contributed by atoms with Crippen LogP contribution in [0, 0.1) is 11.8 Å². The molecule has 0 aliphatic rings. The number of hydrogen-bond acceptors (Lipinski definition) is 8. The zero-order chi connectivity index (χ0) is 34.8. The van der Waals surface area contributed by atoms with Crippen molar-refractivity contribution < 1.29 is 28.5 Å². The molecule has 0 aliphatic heterocycles. The Bertz CT molecular complexity index is 1590.